The molecule has 0 radical (unpaired) electrons. The molecule has 6 heavy (non-hydrogen) atoms. The van der Waals surface area contributed by atoms with Gasteiger partial charge in [-0.05, 0) is 13.8 Å². The standard InChI is InChI=1S/C4H11NSi/c1-3-4(2)6-5/h3H,5-6H2,1-2H3. The van der Waals surface area contributed by atoms with E-state index in [9.17, 15) is 0 Å². The molecule has 0 aromatic rings. The van der Waals surface area contributed by atoms with Crippen molar-refractivity contribution in [1.29, 1.82) is 0 Å². The zero-order valence-electron chi connectivity index (χ0n) is 4.36. The first kappa shape index (κ1) is 5.92. The fraction of sp³-hybridized carbons (Fsp3) is 0.500. The Morgan fingerprint density at radius 1 is 1.83 bits per heavy atom. The van der Waals surface area contributed by atoms with Crippen LogP contribution in [0.2, 0.25) is 0 Å². The largest absolute Gasteiger partial charge is 0.352 e. The van der Waals surface area contributed by atoms with E-state index in [1.807, 2.05) is 6.92 Å². The zero-order chi connectivity index (χ0) is 4.99. The maximum atomic E-state index is 5.35. The van der Waals surface area contributed by atoms with Crippen LogP contribution in [0.3, 0.4) is 0 Å². The van der Waals surface area contributed by atoms with Crippen LogP contribution in [0.1, 0.15) is 13.8 Å². The molecule has 0 aliphatic heterocycles. The van der Waals surface area contributed by atoms with E-state index in [4.69, 9.17) is 5.40 Å². The molecule has 0 spiro atoms. The number of hydrogen-bond donors (Lipinski definition) is 1. The van der Waals surface area contributed by atoms with Crippen molar-refractivity contribution in [2.45, 2.75) is 13.8 Å². The lowest BCUT2D eigenvalue weighted by Gasteiger charge is -1.84. The second kappa shape index (κ2) is 3.12. The summed E-state index contributed by atoms with van der Waals surface area (Å²) in [5, 5.41) is 6.74. The van der Waals surface area contributed by atoms with Gasteiger partial charge in [0, 0.05) is 0 Å². The molecule has 0 aliphatic carbocycles. The highest BCUT2D eigenvalue weighted by molar-refractivity contribution is 6.41. The SMILES string of the molecule is CC=C(C)[SiH2]N. The minimum Gasteiger partial charge on any atom is -0.352 e. The van der Waals surface area contributed by atoms with Gasteiger partial charge in [0.2, 0.25) is 0 Å². The van der Waals surface area contributed by atoms with E-state index in [1.165, 1.54) is 5.20 Å². The van der Waals surface area contributed by atoms with Crippen LogP contribution < -0.4 is 5.40 Å². The summed E-state index contributed by atoms with van der Waals surface area (Å²) in [6.45, 7) is 4.10. The zero-order valence-corrected chi connectivity index (χ0v) is 5.78. The average Bonchev–Trinajstić information content (AvgIpc) is 1.65. The summed E-state index contributed by atoms with van der Waals surface area (Å²) in [6, 6.07) is 0. The Bertz CT molecular complexity index is 58.6. The van der Waals surface area contributed by atoms with Gasteiger partial charge in [-0.2, -0.15) is 0 Å². The Kier molecular flexibility index (Phi) is 3.08. The quantitative estimate of drug-likeness (QED) is 0.461. The molecule has 2 heteroatoms. The molecule has 0 unspecified atom stereocenters. The Balaban J connectivity index is 3.22. The lowest BCUT2D eigenvalue weighted by Crippen LogP contribution is -2.04. The van der Waals surface area contributed by atoms with Crippen molar-refractivity contribution in [3.8, 4) is 0 Å². The van der Waals surface area contributed by atoms with Crippen LogP contribution in [0, 0.1) is 0 Å². The van der Waals surface area contributed by atoms with Gasteiger partial charge in [-0.25, -0.2) is 0 Å². The molecule has 0 saturated carbocycles. The predicted octanol–water partition coefficient (Wildman–Crippen LogP) is -0.0474. The van der Waals surface area contributed by atoms with E-state index >= 15 is 0 Å². The topological polar surface area (TPSA) is 26.0 Å². The Morgan fingerprint density at radius 3 is 2.33 bits per heavy atom. The van der Waals surface area contributed by atoms with Crippen LogP contribution >= 0.6 is 0 Å². The summed E-state index contributed by atoms with van der Waals surface area (Å²) in [6.07, 6.45) is 2.08. The first-order valence-corrected chi connectivity index (χ1v) is 3.65. The van der Waals surface area contributed by atoms with Gasteiger partial charge in [-0.1, -0.05) is 11.3 Å². The van der Waals surface area contributed by atoms with Crippen molar-refractivity contribution in [2.75, 3.05) is 0 Å². The maximum Gasteiger partial charge on any atom is 0.116 e. The lowest BCUT2D eigenvalue weighted by molar-refractivity contribution is 1.55. The average molecular weight is 101 g/mol. The van der Waals surface area contributed by atoms with Crippen LogP contribution in [0.5, 0.6) is 0 Å². The van der Waals surface area contributed by atoms with E-state index < -0.39 is 0 Å². The molecule has 0 rings (SSSR count). The van der Waals surface area contributed by atoms with Crippen LogP contribution in [-0.4, -0.2) is 9.68 Å². The molecule has 0 amide bonds. The van der Waals surface area contributed by atoms with Crippen LogP contribution in [0.15, 0.2) is 11.3 Å². The molecular weight excluding hydrogens is 90.1 g/mol. The highest BCUT2D eigenvalue weighted by Crippen LogP contribution is 1.80. The monoisotopic (exact) mass is 101 g/mol. The smallest absolute Gasteiger partial charge is 0.116 e. The number of allylic oxidation sites excluding steroid dienone is 2. The van der Waals surface area contributed by atoms with Crippen molar-refractivity contribution in [2.24, 2.45) is 5.40 Å². The molecule has 1 nitrogen and oxygen atoms in total. The molecular formula is C4H11NSi. The fourth-order valence-electron chi connectivity index (χ4n) is 0.118. The summed E-state index contributed by atoms with van der Waals surface area (Å²) in [5.74, 6) is 0. The van der Waals surface area contributed by atoms with Gasteiger partial charge in [-0.3, -0.25) is 0 Å². The third-order valence-electron chi connectivity index (χ3n) is 0.815. The molecule has 0 atom stereocenters. The first-order valence-electron chi connectivity index (χ1n) is 2.13. The number of nitrogens with two attached hydrogens (primary N) is 1. The van der Waals surface area contributed by atoms with E-state index in [0.29, 0.717) is 0 Å². The summed E-state index contributed by atoms with van der Waals surface area (Å²) in [5.41, 5.74) is 0. The van der Waals surface area contributed by atoms with E-state index in [1.54, 1.807) is 0 Å². The summed E-state index contributed by atoms with van der Waals surface area (Å²) < 4.78 is 0. The van der Waals surface area contributed by atoms with Gasteiger partial charge in [-0.15, -0.1) is 0 Å². The predicted molar refractivity (Wildman–Crippen MR) is 32.2 cm³/mol. The highest BCUT2D eigenvalue weighted by atomic mass is 28.2. The van der Waals surface area contributed by atoms with Crippen LogP contribution in [0.4, 0.5) is 0 Å². The summed E-state index contributed by atoms with van der Waals surface area (Å²) in [4.78, 5) is 0. The van der Waals surface area contributed by atoms with Gasteiger partial charge in [0.1, 0.15) is 9.68 Å². The summed E-state index contributed by atoms with van der Waals surface area (Å²) >= 11 is 0. The minimum absolute atomic E-state index is 0.301. The molecule has 0 heterocycles. The Labute approximate surface area is 41.1 Å². The number of hydrogen-bond acceptors (Lipinski definition) is 1. The van der Waals surface area contributed by atoms with Crippen LogP contribution in [0.25, 0.3) is 0 Å². The minimum atomic E-state index is -0.301. The third kappa shape index (κ3) is 2.17. The molecule has 0 aromatic carbocycles. The Hall–Kier alpha value is -0.0831. The number of rotatable bonds is 1. The van der Waals surface area contributed by atoms with Crippen molar-refractivity contribution < 1.29 is 0 Å². The first-order chi connectivity index (χ1) is 2.81. The van der Waals surface area contributed by atoms with Gasteiger partial charge >= 0.3 is 0 Å². The van der Waals surface area contributed by atoms with Gasteiger partial charge < -0.3 is 5.40 Å². The third-order valence-corrected chi connectivity index (χ3v) is 1.87. The normalized spacial score (nSPS) is 14.2. The van der Waals surface area contributed by atoms with Crippen molar-refractivity contribution in [1.82, 2.24) is 0 Å². The molecule has 0 fully saturated rings. The van der Waals surface area contributed by atoms with E-state index in [2.05, 4.69) is 13.0 Å². The molecule has 36 valence electrons. The fourth-order valence-corrected chi connectivity index (χ4v) is 0.354. The second-order valence-electron chi connectivity index (χ2n) is 1.34. The molecule has 0 aliphatic rings. The van der Waals surface area contributed by atoms with Gasteiger partial charge in [0.15, 0.2) is 0 Å². The van der Waals surface area contributed by atoms with Crippen molar-refractivity contribution in [3.63, 3.8) is 0 Å². The maximum absolute atomic E-state index is 5.35. The molecule has 0 saturated heterocycles. The molecule has 0 bridgehead atoms. The van der Waals surface area contributed by atoms with Gasteiger partial charge in [0.05, 0.1) is 0 Å². The molecule has 2 N–H and O–H groups in total. The van der Waals surface area contributed by atoms with E-state index in [-0.39, 0.29) is 9.68 Å². The van der Waals surface area contributed by atoms with Crippen molar-refractivity contribution in [3.05, 3.63) is 11.3 Å². The summed E-state index contributed by atoms with van der Waals surface area (Å²) in [7, 11) is -0.301. The Morgan fingerprint density at radius 2 is 2.33 bits per heavy atom. The van der Waals surface area contributed by atoms with Crippen molar-refractivity contribution >= 4 is 9.68 Å². The van der Waals surface area contributed by atoms with Crippen LogP contribution in [-0.2, 0) is 0 Å². The van der Waals surface area contributed by atoms with E-state index in [0.717, 1.165) is 0 Å². The second-order valence-corrected chi connectivity index (χ2v) is 2.86. The highest BCUT2D eigenvalue weighted by Gasteiger charge is 1.74. The van der Waals surface area contributed by atoms with Gasteiger partial charge in [0.25, 0.3) is 0 Å². The lowest BCUT2D eigenvalue weighted by atomic mass is 10.6. The molecule has 0 aromatic heterocycles.